The topological polar surface area (TPSA) is 71.1 Å². The average molecular weight is 457 g/mol. The number of benzene rings is 1. The number of hydrogen-bond acceptors (Lipinski definition) is 6. The van der Waals surface area contributed by atoms with E-state index >= 15 is 0 Å². The van der Waals surface area contributed by atoms with Crippen LogP contribution in [0.3, 0.4) is 0 Å². The molecule has 2 heterocycles. The number of carbonyl (C=O) groups is 2. The Morgan fingerprint density at radius 1 is 1.23 bits per heavy atom. The zero-order valence-electron chi connectivity index (χ0n) is 17.0. The summed E-state index contributed by atoms with van der Waals surface area (Å²) in [5.74, 6) is -0.574. The van der Waals surface area contributed by atoms with Gasteiger partial charge >= 0.3 is 6.36 Å². The highest BCUT2D eigenvalue weighted by Crippen LogP contribution is 2.30. The highest BCUT2D eigenvalue weighted by molar-refractivity contribution is 7.14. The molecule has 0 radical (unpaired) electrons. The fourth-order valence-corrected chi connectivity index (χ4v) is 4.00. The first-order chi connectivity index (χ1) is 14.6. The Labute approximate surface area is 181 Å². The summed E-state index contributed by atoms with van der Waals surface area (Å²) in [4.78, 5) is 29.3. The lowest BCUT2D eigenvalue weighted by Gasteiger charge is -2.31. The molecule has 1 aliphatic rings. The molecule has 0 unspecified atom stereocenters. The lowest BCUT2D eigenvalue weighted by molar-refractivity contribution is -0.274. The number of nitrogens with one attached hydrogen (secondary N) is 1. The summed E-state index contributed by atoms with van der Waals surface area (Å²) in [6.45, 7) is 2.15. The molecule has 0 saturated carbocycles. The van der Waals surface area contributed by atoms with Crippen LogP contribution in [0.25, 0.3) is 0 Å². The minimum Gasteiger partial charge on any atom is -0.497 e. The molecule has 1 saturated heterocycles. The fourth-order valence-electron chi connectivity index (χ4n) is 3.04. The Hall–Kier alpha value is -2.79. The smallest absolute Gasteiger partial charge is 0.497 e. The Bertz CT molecular complexity index is 948. The van der Waals surface area contributed by atoms with Gasteiger partial charge in [0.1, 0.15) is 11.5 Å². The summed E-state index contributed by atoms with van der Waals surface area (Å²) in [6.07, 6.45) is -4.86. The predicted molar refractivity (Wildman–Crippen MR) is 108 cm³/mol. The number of amides is 2. The van der Waals surface area contributed by atoms with Gasteiger partial charge in [0.05, 0.1) is 18.5 Å². The molecule has 1 aromatic heterocycles. The van der Waals surface area contributed by atoms with Gasteiger partial charge in [-0.25, -0.2) is 0 Å². The van der Waals surface area contributed by atoms with Crippen LogP contribution < -0.4 is 14.8 Å². The van der Waals surface area contributed by atoms with Gasteiger partial charge in [-0.2, -0.15) is 0 Å². The van der Waals surface area contributed by atoms with Gasteiger partial charge in [0.25, 0.3) is 5.91 Å². The van der Waals surface area contributed by atoms with Crippen LogP contribution in [0.5, 0.6) is 11.5 Å². The largest absolute Gasteiger partial charge is 0.573 e. The zero-order valence-corrected chi connectivity index (χ0v) is 17.8. The molecule has 7 nitrogen and oxygen atoms in total. The van der Waals surface area contributed by atoms with Crippen LogP contribution in [-0.2, 0) is 17.9 Å². The monoisotopic (exact) mass is 457 g/mol. The van der Waals surface area contributed by atoms with Crippen LogP contribution in [-0.4, -0.2) is 61.8 Å². The molecule has 2 aromatic rings. The second-order valence-electron chi connectivity index (χ2n) is 7.00. The van der Waals surface area contributed by atoms with Gasteiger partial charge in [0, 0.05) is 49.7 Å². The number of piperazine rings is 1. The summed E-state index contributed by atoms with van der Waals surface area (Å²) in [7, 11) is 3.10. The molecule has 0 atom stereocenters. The van der Waals surface area contributed by atoms with E-state index in [2.05, 4.69) is 10.1 Å². The number of methoxy groups -OCH3 is 1. The minimum atomic E-state index is -4.86. The van der Waals surface area contributed by atoms with Crippen molar-refractivity contribution in [2.45, 2.75) is 19.5 Å². The summed E-state index contributed by atoms with van der Waals surface area (Å²) in [5.41, 5.74) is 0.166. The molecule has 1 aliphatic heterocycles. The highest BCUT2D eigenvalue weighted by Gasteiger charge is 2.32. The number of likely N-dealkylation sites (N-methyl/N-ethyl adjacent to an activating group) is 1. The van der Waals surface area contributed by atoms with Gasteiger partial charge in [-0.3, -0.25) is 14.5 Å². The number of nitrogens with zero attached hydrogens (tertiary/aromatic N) is 2. The maximum atomic E-state index is 12.7. The van der Waals surface area contributed by atoms with Crippen LogP contribution in [0.1, 0.15) is 20.1 Å². The van der Waals surface area contributed by atoms with E-state index in [9.17, 15) is 22.8 Å². The third-order valence-electron chi connectivity index (χ3n) is 4.74. The van der Waals surface area contributed by atoms with Crippen molar-refractivity contribution in [1.82, 2.24) is 15.1 Å². The van der Waals surface area contributed by atoms with Crippen molar-refractivity contribution < 1.29 is 32.2 Å². The SMILES string of the molecule is COc1ccc(CNC(=O)c2ccc(CN3CCN(C)C(=O)C3)s2)c(OC(F)(F)F)c1. The van der Waals surface area contributed by atoms with Crippen molar-refractivity contribution in [3.05, 3.63) is 45.6 Å². The first kappa shape index (κ1) is 22.9. The second kappa shape index (κ2) is 9.56. The number of hydrogen-bond donors (Lipinski definition) is 1. The van der Waals surface area contributed by atoms with Gasteiger partial charge in [-0.05, 0) is 24.3 Å². The molecule has 1 aromatic carbocycles. The van der Waals surface area contributed by atoms with Crippen LogP contribution in [0.4, 0.5) is 13.2 Å². The van der Waals surface area contributed by atoms with E-state index in [1.54, 1.807) is 18.0 Å². The van der Waals surface area contributed by atoms with E-state index in [4.69, 9.17) is 4.74 Å². The second-order valence-corrected chi connectivity index (χ2v) is 8.16. The Morgan fingerprint density at radius 3 is 2.68 bits per heavy atom. The molecule has 11 heteroatoms. The van der Waals surface area contributed by atoms with Crippen molar-refractivity contribution in [3.8, 4) is 11.5 Å². The predicted octanol–water partition coefficient (Wildman–Crippen LogP) is 2.86. The molecule has 1 fully saturated rings. The zero-order chi connectivity index (χ0) is 22.6. The van der Waals surface area contributed by atoms with Gasteiger partial charge in [0.15, 0.2) is 0 Å². The number of thiophene rings is 1. The average Bonchev–Trinajstić information content (AvgIpc) is 3.17. The molecule has 168 valence electrons. The Kier molecular flexibility index (Phi) is 7.06. The van der Waals surface area contributed by atoms with Crippen LogP contribution in [0.2, 0.25) is 0 Å². The fraction of sp³-hybridized carbons (Fsp3) is 0.400. The Morgan fingerprint density at radius 2 is 2.00 bits per heavy atom. The van der Waals surface area contributed by atoms with E-state index in [0.29, 0.717) is 24.5 Å². The summed E-state index contributed by atoms with van der Waals surface area (Å²) in [6, 6.07) is 7.49. The molecule has 31 heavy (non-hydrogen) atoms. The molecule has 0 bridgehead atoms. The van der Waals surface area contributed by atoms with E-state index in [1.165, 1.54) is 30.6 Å². The van der Waals surface area contributed by atoms with Gasteiger partial charge in [0.2, 0.25) is 5.91 Å². The van der Waals surface area contributed by atoms with Crippen LogP contribution in [0, 0.1) is 0 Å². The van der Waals surface area contributed by atoms with E-state index in [1.807, 2.05) is 11.0 Å². The quantitative estimate of drug-likeness (QED) is 0.693. The molecule has 3 rings (SSSR count). The lowest BCUT2D eigenvalue weighted by atomic mass is 10.2. The lowest BCUT2D eigenvalue weighted by Crippen LogP contribution is -2.47. The van der Waals surface area contributed by atoms with Crippen LogP contribution >= 0.6 is 11.3 Å². The highest BCUT2D eigenvalue weighted by atomic mass is 32.1. The molecule has 0 aliphatic carbocycles. The number of rotatable bonds is 7. The molecule has 0 spiro atoms. The van der Waals surface area contributed by atoms with Crippen molar-refractivity contribution in [3.63, 3.8) is 0 Å². The maximum absolute atomic E-state index is 12.7. The van der Waals surface area contributed by atoms with Crippen molar-refractivity contribution in [2.75, 3.05) is 33.8 Å². The van der Waals surface area contributed by atoms with E-state index in [0.717, 1.165) is 17.5 Å². The van der Waals surface area contributed by atoms with Crippen LogP contribution in [0.15, 0.2) is 30.3 Å². The first-order valence-electron chi connectivity index (χ1n) is 9.40. The third kappa shape index (κ3) is 6.34. The molecular formula is C20H22F3N3O4S. The van der Waals surface area contributed by atoms with Gasteiger partial charge < -0.3 is 19.7 Å². The third-order valence-corrected chi connectivity index (χ3v) is 5.81. The molecule has 1 N–H and O–H groups in total. The van der Waals surface area contributed by atoms with Crippen molar-refractivity contribution in [2.24, 2.45) is 0 Å². The minimum absolute atomic E-state index is 0.0529. The van der Waals surface area contributed by atoms with Crippen molar-refractivity contribution in [1.29, 1.82) is 0 Å². The maximum Gasteiger partial charge on any atom is 0.573 e. The van der Waals surface area contributed by atoms with E-state index < -0.39 is 18.0 Å². The van der Waals surface area contributed by atoms with Crippen molar-refractivity contribution >= 4 is 23.2 Å². The van der Waals surface area contributed by atoms with Gasteiger partial charge in [-0.1, -0.05) is 0 Å². The Balaban J connectivity index is 1.61. The number of alkyl halides is 3. The van der Waals surface area contributed by atoms with E-state index in [-0.39, 0.29) is 23.8 Å². The molecular weight excluding hydrogens is 435 g/mol. The number of ether oxygens (including phenoxy) is 2. The normalized spacial score (nSPS) is 15.1. The number of halogens is 3. The summed E-state index contributed by atoms with van der Waals surface area (Å²) in [5, 5.41) is 2.62. The number of carbonyl (C=O) groups excluding carboxylic acids is 2. The van der Waals surface area contributed by atoms with Gasteiger partial charge in [-0.15, -0.1) is 24.5 Å². The molecule has 2 amide bonds. The first-order valence-corrected chi connectivity index (χ1v) is 10.2. The summed E-state index contributed by atoms with van der Waals surface area (Å²) < 4.78 is 47.0. The standard InChI is InChI=1S/C20H22F3N3O4S/c1-25-7-8-26(12-18(25)27)11-15-5-6-17(31-15)19(28)24-10-13-3-4-14(29-2)9-16(13)30-20(21,22)23/h3-6,9H,7-8,10-12H2,1-2H3,(H,24,28). The summed E-state index contributed by atoms with van der Waals surface area (Å²) >= 11 is 1.28.